The van der Waals surface area contributed by atoms with Gasteiger partial charge in [-0.2, -0.15) is 0 Å². The first-order valence-electron chi connectivity index (χ1n) is 10.3. The Morgan fingerprint density at radius 2 is 1.55 bits per heavy atom. The highest BCUT2D eigenvalue weighted by atomic mass is 16.1. The number of nitrogens with zero attached hydrogens (tertiary/aromatic N) is 2. The molecule has 3 N–H and O–H groups in total. The zero-order chi connectivity index (χ0) is 21.2. The molecule has 3 aromatic carbocycles. The van der Waals surface area contributed by atoms with Gasteiger partial charge in [0.25, 0.3) is 0 Å². The van der Waals surface area contributed by atoms with Crippen molar-refractivity contribution in [1.29, 1.82) is 0 Å². The van der Waals surface area contributed by atoms with Crippen molar-refractivity contribution in [3.63, 3.8) is 0 Å². The molecule has 1 saturated carbocycles. The molecular formula is C26H22N4O. The Kier molecular flexibility index (Phi) is 4.92. The van der Waals surface area contributed by atoms with Crippen molar-refractivity contribution in [2.75, 3.05) is 5.32 Å². The van der Waals surface area contributed by atoms with Crippen LogP contribution in [0.3, 0.4) is 0 Å². The minimum Gasteiger partial charge on any atom is -0.366 e. The van der Waals surface area contributed by atoms with E-state index in [-0.39, 0.29) is 5.92 Å². The highest BCUT2D eigenvalue weighted by Crippen LogP contribution is 2.57. The van der Waals surface area contributed by atoms with Crippen molar-refractivity contribution in [3.05, 3.63) is 108 Å². The number of anilines is 2. The third-order valence-electron chi connectivity index (χ3n) is 5.76. The molecule has 0 radical (unpaired) electrons. The van der Waals surface area contributed by atoms with Crippen LogP contribution in [0.25, 0.3) is 11.3 Å². The molecule has 0 spiro atoms. The number of rotatable bonds is 6. The van der Waals surface area contributed by atoms with Crippen molar-refractivity contribution < 1.29 is 4.79 Å². The van der Waals surface area contributed by atoms with E-state index in [1.54, 1.807) is 6.07 Å². The van der Waals surface area contributed by atoms with Crippen LogP contribution in [0, 0.1) is 0 Å². The van der Waals surface area contributed by atoms with Crippen LogP contribution in [0.4, 0.5) is 11.5 Å². The Morgan fingerprint density at radius 1 is 0.806 bits per heavy atom. The van der Waals surface area contributed by atoms with Crippen LogP contribution in [-0.2, 0) is 0 Å². The molecule has 5 rings (SSSR count). The van der Waals surface area contributed by atoms with Gasteiger partial charge in [-0.05, 0) is 53.6 Å². The van der Waals surface area contributed by atoms with Gasteiger partial charge in [0.05, 0.1) is 5.69 Å². The van der Waals surface area contributed by atoms with E-state index in [0.29, 0.717) is 17.3 Å². The fraction of sp³-hybridized carbons (Fsp3) is 0.115. The second kappa shape index (κ2) is 8.03. The lowest BCUT2D eigenvalue weighted by molar-refractivity contribution is 0.0999. The van der Waals surface area contributed by atoms with E-state index < -0.39 is 5.91 Å². The van der Waals surface area contributed by atoms with Crippen molar-refractivity contribution in [2.45, 2.75) is 18.3 Å². The number of amides is 1. The summed E-state index contributed by atoms with van der Waals surface area (Å²) in [4.78, 5) is 12.2. The Morgan fingerprint density at radius 3 is 2.23 bits per heavy atom. The van der Waals surface area contributed by atoms with Gasteiger partial charge in [-0.1, -0.05) is 66.7 Å². The zero-order valence-electron chi connectivity index (χ0n) is 16.9. The van der Waals surface area contributed by atoms with E-state index in [0.717, 1.165) is 28.9 Å². The van der Waals surface area contributed by atoms with Gasteiger partial charge in [-0.3, -0.25) is 4.79 Å². The SMILES string of the molecule is NC(=O)c1cccc(Nc2ccc(-c3ccccc3)nn2)c1[C@@H]1C[C@@H]1c1ccccc1. The van der Waals surface area contributed by atoms with Gasteiger partial charge in [0.2, 0.25) is 5.91 Å². The molecule has 5 heteroatoms. The molecule has 152 valence electrons. The van der Waals surface area contributed by atoms with Crippen LogP contribution in [0.15, 0.2) is 91.0 Å². The standard InChI is InChI=1S/C26H22N4O/c27-26(31)19-12-7-13-23(25(19)21-16-20(21)17-8-3-1-4-9-17)28-24-15-14-22(29-30-24)18-10-5-2-6-11-18/h1-15,20-21H,16H2,(H2,27,31)(H,28,30)/t20-,21-/m1/s1. The molecule has 1 fully saturated rings. The number of primary amides is 1. The average molecular weight is 406 g/mol. The lowest BCUT2D eigenvalue weighted by Crippen LogP contribution is -2.15. The van der Waals surface area contributed by atoms with Gasteiger partial charge < -0.3 is 11.1 Å². The lowest BCUT2D eigenvalue weighted by Gasteiger charge is -2.15. The molecule has 0 bridgehead atoms. The highest BCUT2D eigenvalue weighted by molar-refractivity contribution is 5.96. The summed E-state index contributed by atoms with van der Waals surface area (Å²) in [6, 6.07) is 29.8. The highest BCUT2D eigenvalue weighted by Gasteiger charge is 2.42. The Hall–Kier alpha value is -3.99. The van der Waals surface area contributed by atoms with Gasteiger partial charge >= 0.3 is 0 Å². The summed E-state index contributed by atoms with van der Waals surface area (Å²) >= 11 is 0. The van der Waals surface area contributed by atoms with E-state index >= 15 is 0 Å². The summed E-state index contributed by atoms with van der Waals surface area (Å²) in [5.74, 6) is 0.835. The van der Waals surface area contributed by atoms with Crippen molar-refractivity contribution in [3.8, 4) is 11.3 Å². The van der Waals surface area contributed by atoms with Crippen molar-refractivity contribution >= 4 is 17.4 Å². The maximum atomic E-state index is 12.2. The number of carbonyl (C=O) groups excluding carboxylic acids is 1. The van der Waals surface area contributed by atoms with Crippen LogP contribution in [-0.4, -0.2) is 16.1 Å². The average Bonchev–Trinajstić information content (AvgIpc) is 3.61. The molecule has 0 saturated heterocycles. The number of aromatic nitrogens is 2. The number of hydrogen-bond acceptors (Lipinski definition) is 4. The predicted octanol–water partition coefficient (Wildman–Crippen LogP) is 5.26. The first-order valence-corrected chi connectivity index (χ1v) is 10.3. The number of benzene rings is 3. The van der Waals surface area contributed by atoms with E-state index in [1.165, 1.54) is 5.56 Å². The molecule has 0 aliphatic heterocycles. The number of nitrogens with one attached hydrogen (secondary N) is 1. The molecule has 1 aromatic heterocycles. The summed E-state index contributed by atoms with van der Waals surface area (Å²) in [5, 5.41) is 12.1. The third-order valence-corrected chi connectivity index (χ3v) is 5.76. The van der Waals surface area contributed by atoms with Gasteiger partial charge in [-0.25, -0.2) is 0 Å². The number of nitrogens with two attached hydrogens (primary N) is 1. The second-order valence-corrected chi connectivity index (χ2v) is 7.79. The van der Waals surface area contributed by atoms with Crippen LogP contribution in [0.2, 0.25) is 0 Å². The monoisotopic (exact) mass is 406 g/mol. The summed E-state index contributed by atoms with van der Waals surface area (Å²) in [7, 11) is 0. The minimum absolute atomic E-state index is 0.241. The maximum absolute atomic E-state index is 12.2. The first kappa shape index (κ1) is 19.0. The zero-order valence-corrected chi connectivity index (χ0v) is 16.9. The molecule has 2 atom stereocenters. The molecule has 1 aliphatic carbocycles. The van der Waals surface area contributed by atoms with Gasteiger partial charge in [-0.15, -0.1) is 10.2 Å². The van der Waals surface area contributed by atoms with Crippen LogP contribution >= 0.6 is 0 Å². The van der Waals surface area contributed by atoms with Crippen molar-refractivity contribution in [2.24, 2.45) is 5.73 Å². The molecule has 1 amide bonds. The maximum Gasteiger partial charge on any atom is 0.249 e. The molecule has 1 heterocycles. The minimum atomic E-state index is -0.414. The van der Waals surface area contributed by atoms with Crippen LogP contribution < -0.4 is 11.1 Å². The summed E-state index contributed by atoms with van der Waals surface area (Å²) in [5.41, 5.74) is 11.2. The van der Waals surface area contributed by atoms with Gasteiger partial charge in [0.15, 0.2) is 5.82 Å². The normalized spacial score (nSPS) is 17.2. The summed E-state index contributed by atoms with van der Waals surface area (Å²) in [6.45, 7) is 0. The topological polar surface area (TPSA) is 80.9 Å². The first-order chi connectivity index (χ1) is 15.2. The second-order valence-electron chi connectivity index (χ2n) is 7.79. The largest absolute Gasteiger partial charge is 0.366 e. The predicted molar refractivity (Wildman–Crippen MR) is 122 cm³/mol. The molecule has 5 nitrogen and oxygen atoms in total. The molecule has 4 aromatic rings. The molecular weight excluding hydrogens is 384 g/mol. The summed E-state index contributed by atoms with van der Waals surface area (Å²) in [6.07, 6.45) is 0.988. The van der Waals surface area contributed by atoms with E-state index in [4.69, 9.17) is 5.73 Å². The fourth-order valence-corrected chi connectivity index (χ4v) is 4.17. The van der Waals surface area contributed by atoms with E-state index in [2.05, 4.69) is 27.6 Å². The Bertz CT molecular complexity index is 1210. The molecule has 0 unspecified atom stereocenters. The fourth-order valence-electron chi connectivity index (χ4n) is 4.17. The van der Waals surface area contributed by atoms with Gasteiger partial charge in [0, 0.05) is 16.8 Å². The van der Waals surface area contributed by atoms with E-state index in [9.17, 15) is 4.79 Å². The van der Waals surface area contributed by atoms with Crippen LogP contribution in [0.5, 0.6) is 0 Å². The summed E-state index contributed by atoms with van der Waals surface area (Å²) < 4.78 is 0. The molecule has 1 aliphatic rings. The van der Waals surface area contributed by atoms with Crippen molar-refractivity contribution in [1.82, 2.24) is 10.2 Å². The quantitative estimate of drug-likeness (QED) is 0.458. The third kappa shape index (κ3) is 3.90. The smallest absolute Gasteiger partial charge is 0.249 e. The van der Waals surface area contributed by atoms with Gasteiger partial charge in [0.1, 0.15) is 0 Å². The Labute approximate surface area is 181 Å². The number of carbonyl (C=O) groups is 1. The Balaban J connectivity index is 1.45. The van der Waals surface area contributed by atoms with E-state index in [1.807, 2.05) is 72.8 Å². The van der Waals surface area contributed by atoms with Crippen LogP contribution in [0.1, 0.15) is 39.7 Å². The molecule has 31 heavy (non-hydrogen) atoms. The number of hydrogen-bond donors (Lipinski definition) is 2. The lowest BCUT2D eigenvalue weighted by atomic mass is 9.97.